The summed E-state index contributed by atoms with van der Waals surface area (Å²) < 4.78 is 18.2. The van der Waals surface area contributed by atoms with Gasteiger partial charge in [0.05, 0.1) is 6.61 Å². The number of ether oxygens (including phenoxy) is 3. The fraction of sp³-hybridized carbons (Fsp3) is 0.227. The number of esters is 2. The summed E-state index contributed by atoms with van der Waals surface area (Å²) in [4.78, 5) is 28.4. The normalized spacial score (nSPS) is 14.5. The summed E-state index contributed by atoms with van der Waals surface area (Å²) in [6.45, 7) is 4.15. The van der Waals surface area contributed by atoms with Crippen LogP contribution in [0.3, 0.4) is 0 Å². The van der Waals surface area contributed by atoms with Gasteiger partial charge in [-0.1, -0.05) is 13.0 Å². The molecule has 0 saturated heterocycles. The lowest BCUT2D eigenvalue weighted by molar-refractivity contribution is -0.134. The summed E-state index contributed by atoms with van der Waals surface area (Å²) in [5, 5.41) is 0. The molecule has 0 saturated carbocycles. The number of hydrogen-bond acceptors (Lipinski definition) is 6. The molecule has 0 radical (unpaired) electrons. The van der Waals surface area contributed by atoms with Gasteiger partial charge >= 0.3 is 11.9 Å². The highest BCUT2D eigenvalue weighted by atomic mass is 127. The highest BCUT2D eigenvalue weighted by Gasteiger charge is 2.24. The summed E-state index contributed by atoms with van der Waals surface area (Å²) in [5.41, 5.74) is 1.56. The van der Waals surface area contributed by atoms with Gasteiger partial charge in [-0.05, 0) is 93.8 Å². The lowest BCUT2D eigenvalue weighted by Crippen LogP contribution is -2.08. The average molecular weight is 584 g/mol. The van der Waals surface area contributed by atoms with Crippen LogP contribution in [0, 0.1) is 3.57 Å². The molecule has 0 spiro atoms. The zero-order chi connectivity index (χ0) is 21.7. The number of carbonyl (C=O) groups excluding carboxylic acids is 2. The van der Waals surface area contributed by atoms with E-state index in [0.717, 1.165) is 8.04 Å². The zero-order valence-electron chi connectivity index (χ0n) is 16.4. The predicted molar refractivity (Wildman–Crippen MR) is 126 cm³/mol. The maximum Gasteiger partial charge on any atom is 0.363 e. The van der Waals surface area contributed by atoms with E-state index in [1.807, 2.05) is 32.0 Å². The van der Waals surface area contributed by atoms with E-state index in [9.17, 15) is 9.59 Å². The monoisotopic (exact) mass is 583 g/mol. The quantitative estimate of drug-likeness (QED) is 0.186. The number of benzene rings is 2. The molecule has 0 amide bonds. The fourth-order valence-corrected chi connectivity index (χ4v) is 3.38. The molecule has 0 bridgehead atoms. The van der Waals surface area contributed by atoms with Gasteiger partial charge in [-0.25, -0.2) is 9.79 Å². The Balaban J connectivity index is 1.88. The Morgan fingerprint density at radius 3 is 2.70 bits per heavy atom. The second kappa shape index (κ2) is 10.2. The molecule has 2 aromatic carbocycles. The molecule has 3 rings (SSSR count). The average Bonchev–Trinajstić information content (AvgIpc) is 3.07. The van der Waals surface area contributed by atoms with E-state index < -0.39 is 5.97 Å². The van der Waals surface area contributed by atoms with Gasteiger partial charge in [0, 0.05) is 20.0 Å². The molecule has 0 unspecified atom stereocenters. The van der Waals surface area contributed by atoms with Crippen LogP contribution < -0.4 is 9.47 Å². The van der Waals surface area contributed by atoms with Crippen molar-refractivity contribution in [2.45, 2.75) is 26.7 Å². The molecule has 1 aliphatic rings. The number of carbonyl (C=O) groups is 2. The van der Waals surface area contributed by atoms with E-state index >= 15 is 0 Å². The van der Waals surface area contributed by atoms with E-state index in [1.165, 1.54) is 0 Å². The van der Waals surface area contributed by atoms with Crippen LogP contribution in [-0.2, 0) is 14.3 Å². The maximum absolute atomic E-state index is 12.3. The second-order valence-electron chi connectivity index (χ2n) is 6.33. The third kappa shape index (κ3) is 5.48. The molecule has 8 heteroatoms. The highest BCUT2D eigenvalue weighted by molar-refractivity contribution is 14.1. The second-order valence-corrected chi connectivity index (χ2v) is 8.34. The minimum atomic E-state index is -0.531. The van der Waals surface area contributed by atoms with E-state index in [4.69, 9.17) is 14.2 Å². The number of aliphatic imine (C=N–C) groups is 1. The van der Waals surface area contributed by atoms with Crippen LogP contribution in [0.2, 0.25) is 0 Å². The van der Waals surface area contributed by atoms with E-state index in [0.29, 0.717) is 42.1 Å². The van der Waals surface area contributed by atoms with Crippen LogP contribution in [0.25, 0.3) is 6.08 Å². The van der Waals surface area contributed by atoms with Crippen molar-refractivity contribution in [3.05, 3.63) is 61.3 Å². The van der Waals surface area contributed by atoms with Crippen LogP contribution in [0.1, 0.15) is 37.8 Å². The van der Waals surface area contributed by atoms with Crippen LogP contribution in [0.5, 0.6) is 11.5 Å². The summed E-state index contributed by atoms with van der Waals surface area (Å²) in [7, 11) is 0. The molecule has 0 aromatic heterocycles. The van der Waals surface area contributed by atoms with E-state index in [1.54, 1.807) is 24.3 Å². The van der Waals surface area contributed by atoms with Crippen molar-refractivity contribution in [2.24, 2.45) is 4.99 Å². The first-order valence-electron chi connectivity index (χ1n) is 9.36. The van der Waals surface area contributed by atoms with Gasteiger partial charge in [0.15, 0.2) is 17.2 Å². The number of halogens is 2. The molecule has 0 N–H and O–H groups in total. The summed E-state index contributed by atoms with van der Waals surface area (Å²) in [6.07, 6.45) is 2.64. The Kier molecular flexibility index (Phi) is 7.65. The minimum absolute atomic E-state index is 0.179. The molecule has 0 aliphatic carbocycles. The molecular formula is C22H19BrINO5. The van der Waals surface area contributed by atoms with Crippen LogP contribution in [0.15, 0.2) is 51.6 Å². The Morgan fingerprint density at radius 2 is 2.00 bits per heavy atom. The maximum atomic E-state index is 12.3. The lowest BCUT2D eigenvalue weighted by atomic mass is 10.1. The van der Waals surface area contributed by atoms with Gasteiger partial charge in [-0.15, -0.1) is 0 Å². The Bertz CT molecular complexity index is 1050. The van der Waals surface area contributed by atoms with Crippen LogP contribution >= 0.6 is 38.5 Å². The number of nitrogens with zero attached hydrogens (tertiary/aromatic N) is 1. The summed E-state index contributed by atoms with van der Waals surface area (Å²) in [5.74, 6) is 0.171. The molecule has 0 atom stereocenters. The fourth-order valence-electron chi connectivity index (χ4n) is 2.66. The molecule has 1 heterocycles. The molecule has 2 aromatic rings. The van der Waals surface area contributed by atoms with Crippen molar-refractivity contribution in [3.63, 3.8) is 0 Å². The van der Waals surface area contributed by atoms with Gasteiger partial charge in [0.25, 0.3) is 0 Å². The molecule has 30 heavy (non-hydrogen) atoms. The van der Waals surface area contributed by atoms with Gasteiger partial charge in [-0.2, -0.15) is 0 Å². The van der Waals surface area contributed by atoms with Crippen LogP contribution in [-0.4, -0.2) is 24.4 Å². The van der Waals surface area contributed by atoms with Crippen LogP contribution in [0.4, 0.5) is 0 Å². The van der Waals surface area contributed by atoms with Crippen molar-refractivity contribution in [1.82, 2.24) is 0 Å². The molecule has 6 nitrogen and oxygen atoms in total. The van der Waals surface area contributed by atoms with E-state index in [2.05, 4.69) is 43.5 Å². The number of rotatable bonds is 7. The van der Waals surface area contributed by atoms with Gasteiger partial charge in [0.1, 0.15) is 0 Å². The molecular weight excluding hydrogens is 565 g/mol. The lowest BCUT2D eigenvalue weighted by Gasteiger charge is -2.11. The first-order chi connectivity index (χ1) is 14.4. The Hall–Kier alpha value is -2.20. The van der Waals surface area contributed by atoms with Crippen molar-refractivity contribution in [2.75, 3.05) is 6.61 Å². The third-order valence-electron chi connectivity index (χ3n) is 4.04. The predicted octanol–water partition coefficient (Wildman–Crippen LogP) is 5.50. The minimum Gasteiger partial charge on any atom is -0.490 e. The Morgan fingerprint density at radius 1 is 1.20 bits per heavy atom. The smallest absolute Gasteiger partial charge is 0.363 e. The summed E-state index contributed by atoms with van der Waals surface area (Å²) in [6, 6.07) is 10.7. The summed E-state index contributed by atoms with van der Waals surface area (Å²) >= 11 is 5.67. The molecule has 1 aliphatic heterocycles. The van der Waals surface area contributed by atoms with Crippen molar-refractivity contribution in [3.8, 4) is 11.5 Å². The SMILES string of the molecule is CCCC(=O)Oc1ccc(/C=C2\N=C(c3ccc(I)c(Br)c3)OC2=O)cc1OCC. The third-order valence-corrected chi connectivity index (χ3v) is 6.37. The van der Waals surface area contributed by atoms with Crippen molar-refractivity contribution < 1.29 is 23.8 Å². The first-order valence-corrected chi connectivity index (χ1v) is 11.2. The van der Waals surface area contributed by atoms with Crippen molar-refractivity contribution in [1.29, 1.82) is 0 Å². The first kappa shape index (κ1) is 22.5. The molecule has 0 fully saturated rings. The van der Waals surface area contributed by atoms with E-state index in [-0.39, 0.29) is 17.6 Å². The van der Waals surface area contributed by atoms with Gasteiger partial charge in [-0.3, -0.25) is 4.79 Å². The number of cyclic esters (lactones) is 1. The largest absolute Gasteiger partial charge is 0.490 e. The van der Waals surface area contributed by atoms with Gasteiger partial charge < -0.3 is 14.2 Å². The van der Waals surface area contributed by atoms with Gasteiger partial charge in [0.2, 0.25) is 5.90 Å². The zero-order valence-corrected chi connectivity index (χ0v) is 20.2. The topological polar surface area (TPSA) is 74.2 Å². The Labute approximate surface area is 196 Å². The highest BCUT2D eigenvalue weighted by Crippen LogP contribution is 2.31. The standard InChI is InChI=1S/C22H19BrINO5/c1-3-5-20(26)29-18-9-6-13(11-19(18)28-4-2)10-17-22(27)30-21(25-17)14-7-8-16(24)15(23)12-14/h6-12H,3-5H2,1-2H3/b17-10-. The number of hydrogen-bond donors (Lipinski definition) is 0. The van der Waals surface area contributed by atoms with Crippen molar-refractivity contribution >= 4 is 62.4 Å². The molecule has 156 valence electrons.